The maximum Gasteiger partial charge on any atom is 0.416 e. The van der Waals surface area contributed by atoms with Crippen LogP contribution in [0.1, 0.15) is 28.6 Å². The Balaban J connectivity index is 1.70. The lowest BCUT2D eigenvalue weighted by atomic mass is 10.1. The Hall–Kier alpha value is -2.07. The van der Waals surface area contributed by atoms with E-state index < -0.39 is 22.2 Å². The average Bonchev–Trinajstić information content (AvgIpc) is 3.11. The zero-order chi connectivity index (χ0) is 21.9. The third-order valence-electron chi connectivity index (χ3n) is 4.46. The normalized spacial score (nSPS) is 13.9. The molecule has 9 heteroatoms. The van der Waals surface area contributed by atoms with Gasteiger partial charge in [-0.3, -0.25) is 0 Å². The molecule has 160 valence electrons. The van der Waals surface area contributed by atoms with E-state index in [9.17, 15) is 21.9 Å². The summed E-state index contributed by atoms with van der Waals surface area (Å²) in [7, 11) is -3.61. The van der Waals surface area contributed by atoms with Crippen molar-refractivity contribution >= 4 is 21.8 Å². The lowest BCUT2D eigenvalue weighted by Crippen LogP contribution is -2.16. The molecule has 1 heterocycles. The summed E-state index contributed by atoms with van der Waals surface area (Å²) < 4.78 is 66.1. The van der Waals surface area contributed by atoms with Gasteiger partial charge in [-0.15, -0.1) is 15.5 Å². The van der Waals surface area contributed by atoms with Crippen LogP contribution in [0.25, 0.3) is 10.6 Å². The maximum atomic E-state index is 12.8. The topological polar surface area (TPSA) is 59.4 Å². The SMILES string of the molecule is CCc1sc(-c2ccc(C(F)(F)F)cc2)nc1CCO[S+](=O)(O)c1ccc(C)cc1. The van der Waals surface area contributed by atoms with E-state index in [1.165, 1.54) is 23.5 Å². The van der Waals surface area contributed by atoms with Crippen LogP contribution in [0.3, 0.4) is 0 Å². The summed E-state index contributed by atoms with van der Waals surface area (Å²) >= 11 is 1.40. The molecular weight excluding hydrogens is 435 g/mol. The second-order valence-corrected chi connectivity index (χ2v) is 9.42. The minimum atomic E-state index is -4.38. The fraction of sp³-hybridized carbons (Fsp3) is 0.286. The standard InChI is InChI=1S/C21H20F3NO3S2/c1-3-19-18(12-13-28-30(26,27)17-10-4-14(2)5-11-17)25-20(29-19)15-6-8-16(9-7-15)21(22,23)24/h4-11H,3,12-13H2,1-2H3/p+1. The molecule has 0 spiro atoms. The van der Waals surface area contributed by atoms with E-state index in [2.05, 4.69) is 4.98 Å². The van der Waals surface area contributed by atoms with E-state index in [1.54, 1.807) is 24.3 Å². The van der Waals surface area contributed by atoms with Crippen molar-refractivity contribution in [2.75, 3.05) is 6.61 Å². The van der Waals surface area contributed by atoms with Crippen LogP contribution in [0.15, 0.2) is 53.4 Å². The van der Waals surface area contributed by atoms with Gasteiger partial charge in [0.2, 0.25) is 4.90 Å². The number of thiazole rings is 1. The van der Waals surface area contributed by atoms with Gasteiger partial charge in [0.1, 0.15) is 11.6 Å². The predicted octanol–water partition coefficient (Wildman–Crippen LogP) is 6.21. The van der Waals surface area contributed by atoms with Crippen LogP contribution >= 0.6 is 11.3 Å². The summed E-state index contributed by atoms with van der Waals surface area (Å²) in [5, 5.41) is 0.610. The number of halogens is 3. The Kier molecular flexibility index (Phi) is 6.76. The molecule has 0 fully saturated rings. The molecule has 0 aliphatic carbocycles. The lowest BCUT2D eigenvalue weighted by molar-refractivity contribution is -0.137. The zero-order valence-corrected chi connectivity index (χ0v) is 18.0. The number of aromatic nitrogens is 1. The second-order valence-electron chi connectivity index (χ2n) is 6.68. The minimum Gasteiger partial charge on any atom is -0.241 e. The summed E-state index contributed by atoms with van der Waals surface area (Å²) in [5.74, 6) is 0. The van der Waals surface area contributed by atoms with Gasteiger partial charge in [0, 0.05) is 16.9 Å². The monoisotopic (exact) mass is 456 g/mol. The number of nitrogens with zero attached hydrogens (tertiary/aromatic N) is 1. The Morgan fingerprint density at radius 3 is 2.30 bits per heavy atom. The van der Waals surface area contributed by atoms with Gasteiger partial charge in [0.05, 0.1) is 11.3 Å². The van der Waals surface area contributed by atoms with Gasteiger partial charge in [-0.25, -0.2) is 4.98 Å². The first kappa shape index (κ1) is 22.6. The van der Waals surface area contributed by atoms with Crippen LogP contribution in [-0.4, -0.2) is 16.1 Å². The molecule has 1 N–H and O–H groups in total. The molecule has 0 saturated heterocycles. The summed E-state index contributed by atoms with van der Waals surface area (Å²) in [6.07, 6.45) is -3.36. The van der Waals surface area contributed by atoms with Crippen molar-refractivity contribution in [3.8, 4) is 10.6 Å². The van der Waals surface area contributed by atoms with Gasteiger partial charge in [-0.2, -0.15) is 17.7 Å². The second kappa shape index (κ2) is 8.97. The molecule has 4 nitrogen and oxygen atoms in total. The van der Waals surface area contributed by atoms with Crippen molar-refractivity contribution < 1.29 is 26.1 Å². The van der Waals surface area contributed by atoms with Crippen molar-refractivity contribution in [2.24, 2.45) is 0 Å². The van der Waals surface area contributed by atoms with Crippen molar-refractivity contribution in [3.63, 3.8) is 0 Å². The lowest BCUT2D eigenvalue weighted by Gasteiger charge is -2.06. The predicted molar refractivity (Wildman–Crippen MR) is 112 cm³/mol. The summed E-state index contributed by atoms with van der Waals surface area (Å²) in [6, 6.07) is 11.5. The van der Waals surface area contributed by atoms with Gasteiger partial charge in [0.15, 0.2) is 0 Å². The number of benzene rings is 2. The number of hydrogen-bond acceptors (Lipinski definition) is 4. The third kappa shape index (κ3) is 5.34. The number of aryl methyl sites for hydroxylation is 2. The molecule has 1 aromatic heterocycles. The first-order valence-electron chi connectivity index (χ1n) is 9.24. The average molecular weight is 457 g/mol. The molecule has 30 heavy (non-hydrogen) atoms. The van der Waals surface area contributed by atoms with Crippen LogP contribution in [-0.2, 0) is 37.9 Å². The van der Waals surface area contributed by atoms with Gasteiger partial charge >= 0.3 is 16.7 Å². The molecule has 3 aromatic rings. The van der Waals surface area contributed by atoms with Gasteiger partial charge in [0.25, 0.3) is 0 Å². The van der Waals surface area contributed by atoms with Gasteiger partial charge in [-0.05, 0) is 41.8 Å². The zero-order valence-electron chi connectivity index (χ0n) is 16.4. The highest BCUT2D eigenvalue weighted by atomic mass is 32.3. The third-order valence-corrected chi connectivity index (χ3v) is 7.10. The van der Waals surface area contributed by atoms with Crippen molar-refractivity contribution in [1.82, 2.24) is 4.98 Å². The van der Waals surface area contributed by atoms with Crippen LogP contribution in [0, 0.1) is 6.92 Å². The summed E-state index contributed by atoms with van der Waals surface area (Å²) in [5.41, 5.74) is 1.58. The van der Waals surface area contributed by atoms with Crippen molar-refractivity contribution in [3.05, 3.63) is 70.2 Å². The Morgan fingerprint density at radius 2 is 1.73 bits per heavy atom. The molecule has 0 saturated carbocycles. The summed E-state index contributed by atoms with van der Waals surface area (Å²) in [4.78, 5) is 5.70. The van der Waals surface area contributed by atoms with Crippen LogP contribution in [0.4, 0.5) is 13.2 Å². The summed E-state index contributed by atoms with van der Waals surface area (Å²) in [6.45, 7) is 3.83. The molecule has 0 bridgehead atoms. The van der Waals surface area contributed by atoms with E-state index in [1.807, 2.05) is 13.8 Å². The van der Waals surface area contributed by atoms with E-state index >= 15 is 0 Å². The molecule has 0 radical (unpaired) electrons. The van der Waals surface area contributed by atoms with Crippen molar-refractivity contribution in [2.45, 2.75) is 37.8 Å². The molecule has 1 atom stereocenters. The highest BCUT2D eigenvalue weighted by Crippen LogP contribution is 2.33. The molecule has 0 amide bonds. The van der Waals surface area contributed by atoms with Crippen molar-refractivity contribution in [1.29, 1.82) is 0 Å². The van der Waals surface area contributed by atoms with Gasteiger partial charge in [-0.1, -0.05) is 36.8 Å². The van der Waals surface area contributed by atoms with E-state index in [4.69, 9.17) is 4.18 Å². The van der Waals surface area contributed by atoms with Crippen LogP contribution in [0.2, 0.25) is 0 Å². The van der Waals surface area contributed by atoms with E-state index in [0.717, 1.165) is 28.3 Å². The highest BCUT2D eigenvalue weighted by molar-refractivity contribution is 7.93. The Bertz CT molecular complexity index is 1040. The maximum absolute atomic E-state index is 12.8. The fourth-order valence-corrected chi connectivity index (χ4v) is 4.79. The smallest absolute Gasteiger partial charge is 0.241 e. The number of rotatable bonds is 7. The largest absolute Gasteiger partial charge is 0.416 e. The van der Waals surface area contributed by atoms with E-state index in [-0.39, 0.29) is 11.5 Å². The minimum absolute atomic E-state index is 0.00754. The Labute approximate surface area is 178 Å². The first-order chi connectivity index (χ1) is 14.1. The fourth-order valence-electron chi connectivity index (χ4n) is 2.81. The first-order valence-corrected chi connectivity index (χ1v) is 11.5. The van der Waals surface area contributed by atoms with Gasteiger partial charge < -0.3 is 0 Å². The molecule has 3 rings (SSSR count). The molecule has 0 aliphatic rings. The Morgan fingerprint density at radius 1 is 1.10 bits per heavy atom. The van der Waals surface area contributed by atoms with Crippen LogP contribution < -0.4 is 0 Å². The highest BCUT2D eigenvalue weighted by Gasteiger charge is 2.32. The number of hydrogen-bond donors (Lipinski definition) is 1. The molecule has 0 aliphatic heterocycles. The number of alkyl halides is 3. The molecule has 2 aromatic carbocycles. The quantitative estimate of drug-likeness (QED) is 0.430. The molecule has 1 unspecified atom stereocenters. The molecular formula is C21H21F3NO3S2+. The van der Waals surface area contributed by atoms with Crippen LogP contribution in [0.5, 0.6) is 0 Å². The van der Waals surface area contributed by atoms with E-state index in [0.29, 0.717) is 23.4 Å².